The largest absolute Gasteiger partial charge is 0.309 e. The Morgan fingerprint density at radius 2 is 1.50 bits per heavy atom. The average molecular weight is 283 g/mol. The summed E-state index contributed by atoms with van der Waals surface area (Å²) in [5.74, 6) is 0.808. The van der Waals surface area contributed by atoms with Crippen molar-refractivity contribution in [1.82, 2.24) is 14.8 Å². The molecule has 0 saturated carbocycles. The highest BCUT2D eigenvalue weighted by Gasteiger charge is 2.31. The zero-order valence-electron chi connectivity index (χ0n) is 13.6. The minimum atomic E-state index is -0.477. The number of nitrogens with zero attached hydrogens (tertiary/aromatic N) is 3. The second-order valence-electron chi connectivity index (χ2n) is 6.18. The molecule has 0 amide bonds. The molecule has 1 unspecified atom stereocenters. The van der Waals surface area contributed by atoms with Crippen molar-refractivity contribution in [3.05, 3.63) is 11.9 Å². The molecule has 116 valence electrons. The van der Waals surface area contributed by atoms with Gasteiger partial charge in [0, 0.05) is 12.5 Å². The maximum Gasteiger partial charge on any atom is 0.309 e. The third kappa shape index (κ3) is 4.57. The van der Waals surface area contributed by atoms with Crippen molar-refractivity contribution < 1.29 is 4.39 Å². The van der Waals surface area contributed by atoms with Gasteiger partial charge in [-0.25, -0.2) is 0 Å². The van der Waals surface area contributed by atoms with Gasteiger partial charge in [0.25, 0.3) is 0 Å². The zero-order valence-corrected chi connectivity index (χ0v) is 13.6. The molecule has 0 radical (unpaired) electrons. The van der Waals surface area contributed by atoms with Crippen molar-refractivity contribution in [2.75, 3.05) is 0 Å². The van der Waals surface area contributed by atoms with Gasteiger partial charge < -0.3 is 0 Å². The van der Waals surface area contributed by atoms with Gasteiger partial charge >= 0.3 is 6.08 Å². The fourth-order valence-electron chi connectivity index (χ4n) is 2.89. The van der Waals surface area contributed by atoms with Gasteiger partial charge in [-0.05, 0) is 12.8 Å². The molecule has 1 rings (SSSR count). The van der Waals surface area contributed by atoms with Crippen LogP contribution in [0.5, 0.6) is 0 Å². The van der Waals surface area contributed by atoms with Gasteiger partial charge in [-0.2, -0.15) is 4.39 Å². The number of hydrogen-bond acceptors (Lipinski definition) is 2. The average Bonchev–Trinajstić information content (AvgIpc) is 2.76. The standard InChI is InChI=1S/C16H30FN3/c1-5-7-9-11-13-16(3,12-10-8-6-2)14-18-19-15(17)20(14)4/h5-13H2,1-4H3. The van der Waals surface area contributed by atoms with E-state index in [0.717, 1.165) is 18.7 Å². The van der Waals surface area contributed by atoms with Crippen LogP contribution in [-0.4, -0.2) is 14.8 Å². The first kappa shape index (κ1) is 17.1. The van der Waals surface area contributed by atoms with E-state index in [4.69, 9.17) is 0 Å². The lowest BCUT2D eigenvalue weighted by atomic mass is 9.79. The molecule has 1 atom stereocenters. The summed E-state index contributed by atoms with van der Waals surface area (Å²) in [6, 6.07) is 0. The maximum absolute atomic E-state index is 13.5. The summed E-state index contributed by atoms with van der Waals surface area (Å²) >= 11 is 0. The van der Waals surface area contributed by atoms with Gasteiger partial charge in [-0.1, -0.05) is 70.8 Å². The van der Waals surface area contributed by atoms with Crippen molar-refractivity contribution in [2.45, 2.75) is 84.0 Å². The monoisotopic (exact) mass is 283 g/mol. The lowest BCUT2D eigenvalue weighted by Crippen LogP contribution is -2.26. The van der Waals surface area contributed by atoms with Gasteiger partial charge in [0.05, 0.1) is 0 Å². The van der Waals surface area contributed by atoms with Gasteiger partial charge in [0.15, 0.2) is 0 Å². The summed E-state index contributed by atoms with van der Waals surface area (Å²) in [5, 5.41) is 7.70. The van der Waals surface area contributed by atoms with E-state index in [1.54, 1.807) is 7.05 Å². The molecule has 1 aromatic heterocycles. The minimum Gasteiger partial charge on any atom is -0.290 e. The van der Waals surface area contributed by atoms with E-state index in [1.165, 1.54) is 49.5 Å². The molecule has 0 N–H and O–H groups in total. The number of unbranched alkanes of at least 4 members (excludes halogenated alkanes) is 5. The number of aromatic nitrogens is 3. The SMILES string of the molecule is CCCCCCC(C)(CCCCC)c1nnc(F)n1C. The summed E-state index contributed by atoms with van der Waals surface area (Å²) in [6.07, 6.45) is 10.2. The lowest BCUT2D eigenvalue weighted by Gasteiger charge is -2.28. The lowest BCUT2D eigenvalue weighted by molar-refractivity contribution is 0.333. The molecule has 0 fully saturated rings. The Balaban J connectivity index is 2.74. The van der Waals surface area contributed by atoms with E-state index < -0.39 is 6.08 Å². The van der Waals surface area contributed by atoms with Gasteiger partial charge in [0.2, 0.25) is 0 Å². The van der Waals surface area contributed by atoms with Gasteiger partial charge in [0.1, 0.15) is 5.82 Å². The fourth-order valence-corrected chi connectivity index (χ4v) is 2.89. The third-order valence-electron chi connectivity index (χ3n) is 4.28. The van der Waals surface area contributed by atoms with Gasteiger partial charge in [-0.3, -0.25) is 4.57 Å². The van der Waals surface area contributed by atoms with Crippen LogP contribution < -0.4 is 0 Å². The van der Waals surface area contributed by atoms with Crippen molar-refractivity contribution in [2.24, 2.45) is 7.05 Å². The molecule has 1 aromatic rings. The van der Waals surface area contributed by atoms with Crippen molar-refractivity contribution in [3.8, 4) is 0 Å². The van der Waals surface area contributed by atoms with E-state index in [-0.39, 0.29) is 5.41 Å². The molecule has 0 saturated heterocycles. The fraction of sp³-hybridized carbons (Fsp3) is 0.875. The van der Waals surface area contributed by atoms with Crippen LogP contribution in [0.15, 0.2) is 0 Å². The summed E-state index contributed by atoms with van der Waals surface area (Å²) in [5.41, 5.74) is -0.0466. The first-order valence-electron chi connectivity index (χ1n) is 8.10. The molecule has 0 bridgehead atoms. The second kappa shape index (κ2) is 8.38. The predicted molar refractivity (Wildman–Crippen MR) is 81.2 cm³/mol. The number of hydrogen-bond donors (Lipinski definition) is 0. The minimum absolute atomic E-state index is 0.0466. The smallest absolute Gasteiger partial charge is 0.290 e. The Hall–Kier alpha value is -0.930. The highest BCUT2D eigenvalue weighted by molar-refractivity contribution is 5.06. The molecule has 0 aromatic carbocycles. The molecule has 1 heterocycles. The Kier molecular flexibility index (Phi) is 7.17. The second-order valence-corrected chi connectivity index (χ2v) is 6.18. The molecule has 0 aliphatic carbocycles. The Bertz CT molecular complexity index is 389. The van der Waals surface area contributed by atoms with Crippen LogP contribution in [0.1, 0.15) is 84.4 Å². The van der Waals surface area contributed by atoms with Crippen LogP contribution in [0.2, 0.25) is 0 Å². The van der Waals surface area contributed by atoms with E-state index in [2.05, 4.69) is 31.0 Å². The summed E-state index contributed by atoms with van der Waals surface area (Å²) in [6.45, 7) is 6.65. The van der Waals surface area contributed by atoms with Crippen LogP contribution in [0, 0.1) is 6.08 Å². The number of halogens is 1. The quantitative estimate of drug-likeness (QED) is 0.579. The van der Waals surface area contributed by atoms with Crippen LogP contribution in [0.4, 0.5) is 4.39 Å². The topological polar surface area (TPSA) is 30.7 Å². The Morgan fingerprint density at radius 3 is 2.00 bits per heavy atom. The highest BCUT2D eigenvalue weighted by atomic mass is 19.1. The first-order chi connectivity index (χ1) is 9.55. The van der Waals surface area contributed by atoms with Crippen molar-refractivity contribution >= 4 is 0 Å². The summed E-state index contributed by atoms with van der Waals surface area (Å²) < 4.78 is 15.0. The molecular weight excluding hydrogens is 253 g/mol. The maximum atomic E-state index is 13.5. The third-order valence-corrected chi connectivity index (χ3v) is 4.28. The highest BCUT2D eigenvalue weighted by Crippen LogP contribution is 2.34. The van der Waals surface area contributed by atoms with Crippen LogP contribution in [-0.2, 0) is 12.5 Å². The molecule has 0 aliphatic heterocycles. The molecule has 20 heavy (non-hydrogen) atoms. The van der Waals surface area contributed by atoms with Crippen molar-refractivity contribution in [1.29, 1.82) is 0 Å². The normalized spacial score (nSPS) is 14.4. The zero-order chi connectivity index (χ0) is 15.0. The van der Waals surface area contributed by atoms with E-state index in [0.29, 0.717) is 0 Å². The molecule has 4 heteroatoms. The van der Waals surface area contributed by atoms with Crippen molar-refractivity contribution in [3.63, 3.8) is 0 Å². The van der Waals surface area contributed by atoms with Crippen LogP contribution in [0.3, 0.4) is 0 Å². The molecule has 0 aliphatic rings. The Morgan fingerprint density at radius 1 is 0.950 bits per heavy atom. The van der Waals surface area contributed by atoms with E-state index in [9.17, 15) is 4.39 Å². The van der Waals surface area contributed by atoms with E-state index in [1.807, 2.05) is 0 Å². The van der Waals surface area contributed by atoms with Gasteiger partial charge in [-0.15, -0.1) is 5.10 Å². The van der Waals surface area contributed by atoms with Crippen LogP contribution in [0.25, 0.3) is 0 Å². The predicted octanol–water partition coefficient (Wildman–Crippen LogP) is 4.76. The first-order valence-corrected chi connectivity index (χ1v) is 8.10. The van der Waals surface area contributed by atoms with Crippen LogP contribution >= 0.6 is 0 Å². The molecule has 3 nitrogen and oxygen atoms in total. The molecule has 0 spiro atoms. The summed E-state index contributed by atoms with van der Waals surface area (Å²) in [7, 11) is 1.73. The number of rotatable bonds is 10. The summed E-state index contributed by atoms with van der Waals surface area (Å²) in [4.78, 5) is 0. The Labute approximate surface area is 123 Å². The molecular formula is C16H30FN3. The van der Waals surface area contributed by atoms with E-state index >= 15 is 0 Å².